The predicted octanol–water partition coefficient (Wildman–Crippen LogP) is 5.80. The number of aromatic nitrogens is 1. The van der Waals surface area contributed by atoms with Gasteiger partial charge in [0.25, 0.3) is 5.91 Å². The van der Waals surface area contributed by atoms with E-state index < -0.39 is 11.7 Å². The molecule has 29 heavy (non-hydrogen) atoms. The van der Waals surface area contributed by atoms with E-state index in [4.69, 9.17) is 4.52 Å². The van der Waals surface area contributed by atoms with Crippen LogP contribution in [0, 0.1) is 0 Å². The first-order valence-corrected chi connectivity index (χ1v) is 9.36. The number of amides is 1. The second-order valence-electron chi connectivity index (χ2n) is 6.72. The fourth-order valence-electron chi connectivity index (χ4n) is 2.93. The van der Waals surface area contributed by atoms with Gasteiger partial charge in [-0.3, -0.25) is 4.79 Å². The van der Waals surface area contributed by atoms with E-state index in [9.17, 15) is 18.0 Å². The van der Waals surface area contributed by atoms with E-state index >= 15 is 0 Å². The molecule has 0 spiro atoms. The van der Waals surface area contributed by atoms with Gasteiger partial charge in [-0.05, 0) is 24.1 Å². The lowest BCUT2D eigenvalue weighted by atomic mass is 10.1. The zero-order valence-electron chi connectivity index (χ0n) is 15.9. The van der Waals surface area contributed by atoms with Gasteiger partial charge in [-0.1, -0.05) is 61.0 Å². The molecule has 0 aliphatic heterocycles. The lowest BCUT2D eigenvalue weighted by Crippen LogP contribution is -2.31. The van der Waals surface area contributed by atoms with Crippen molar-refractivity contribution in [3.8, 4) is 11.3 Å². The minimum atomic E-state index is -4.46. The largest absolute Gasteiger partial charge is 0.416 e. The van der Waals surface area contributed by atoms with Crippen molar-refractivity contribution >= 4 is 5.91 Å². The highest BCUT2D eigenvalue weighted by molar-refractivity contribution is 5.93. The summed E-state index contributed by atoms with van der Waals surface area (Å²) < 4.78 is 44.0. The maximum Gasteiger partial charge on any atom is 0.416 e. The van der Waals surface area contributed by atoms with Crippen LogP contribution >= 0.6 is 0 Å². The number of halogens is 3. The van der Waals surface area contributed by atoms with Gasteiger partial charge in [0, 0.05) is 24.7 Å². The van der Waals surface area contributed by atoms with Crippen LogP contribution in [0.3, 0.4) is 0 Å². The molecule has 1 heterocycles. The first kappa shape index (κ1) is 20.6. The van der Waals surface area contributed by atoms with E-state index in [2.05, 4.69) is 5.16 Å². The topological polar surface area (TPSA) is 46.3 Å². The summed E-state index contributed by atoms with van der Waals surface area (Å²) in [6.45, 7) is 3.01. The minimum absolute atomic E-state index is 0.0736. The molecule has 7 heteroatoms. The molecule has 0 saturated carbocycles. The van der Waals surface area contributed by atoms with Gasteiger partial charge in [0.15, 0.2) is 11.5 Å². The molecule has 3 aromatic rings. The Bertz CT molecular complexity index is 952. The van der Waals surface area contributed by atoms with E-state index in [1.807, 2.05) is 37.3 Å². The Labute approximate surface area is 166 Å². The summed E-state index contributed by atoms with van der Waals surface area (Å²) in [4.78, 5) is 14.6. The summed E-state index contributed by atoms with van der Waals surface area (Å²) in [5, 5.41) is 3.81. The van der Waals surface area contributed by atoms with Crippen molar-refractivity contribution in [2.75, 3.05) is 6.54 Å². The van der Waals surface area contributed by atoms with Crippen LogP contribution in [0.4, 0.5) is 13.2 Å². The number of hydrogen-bond acceptors (Lipinski definition) is 3. The van der Waals surface area contributed by atoms with E-state index in [1.54, 1.807) is 4.90 Å². The number of rotatable bonds is 7. The number of benzene rings is 2. The Morgan fingerprint density at radius 2 is 1.83 bits per heavy atom. The van der Waals surface area contributed by atoms with Gasteiger partial charge in [0.1, 0.15) is 0 Å². The monoisotopic (exact) mass is 402 g/mol. The standard InChI is InChI=1S/C22H21F3N2O2/c1-2-3-12-27(15-16-8-5-4-6-9-16)21(28)19-14-20(29-26-19)17-10-7-11-18(13-17)22(23,24)25/h4-11,13-14H,2-3,12,15H2,1H3. The molecule has 1 aromatic heterocycles. The van der Waals surface area contributed by atoms with E-state index in [1.165, 1.54) is 18.2 Å². The van der Waals surface area contributed by atoms with E-state index in [0.717, 1.165) is 30.5 Å². The average molecular weight is 402 g/mol. The van der Waals surface area contributed by atoms with Crippen molar-refractivity contribution in [1.29, 1.82) is 0 Å². The van der Waals surface area contributed by atoms with Gasteiger partial charge in [0.05, 0.1) is 5.56 Å². The molecule has 0 saturated heterocycles. The summed E-state index contributed by atoms with van der Waals surface area (Å²) in [5.74, 6) is -0.195. The first-order valence-electron chi connectivity index (χ1n) is 9.36. The van der Waals surface area contributed by atoms with Crippen molar-refractivity contribution in [1.82, 2.24) is 10.1 Å². The molecule has 0 radical (unpaired) electrons. The minimum Gasteiger partial charge on any atom is -0.355 e. The normalized spacial score (nSPS) is 11.4. The molecule has 0 fully saturated rings. The van der Waals surface area contributed by atoms with Crippen LogP contribution in [-0.4, -0.2) is 22.5 Å². The molecule has 0 N–H and O–H groups in total. The molecular weight excluding hydrogens is 381 g/mol. The molecule has 0 aliphatic carbocycles. The van der Waals surface area contributed by atoms with Gasteiger partial charge in [-0.2, -0.15) is 13.2 Å². The van der Waals surface area contributed by atoms with Crippen LogP contribution in [0.25, 0.3) is 11.3 Å². The van der Waals surface area contributed by atoms with Crippen LogP contribution in [0.15, 0.2) is 65.2 Å². The smallest absolute Gasteiger partial charge is 0.355 e. The Morgan fingerprint density at radius 1 is 1.07 bits per heavy atom. The maximum atomic E-state index is 12.9. The van der Waals surface area contributed by atoms with Gasteiger partial charge in [0.2, 0.25) is 0 Å². The van der Waals surface area contributed by atoms with Gasteiger partial charge in [-0.15, -0.1) is 0 Å². The molecule has 0 unspecified atom stereocenters. The van der Waals surface area contributed by atoms with E-state index in [-0.39, 0.29) is 22.9 Å². The molecule has 0 aliphatic rings. The molecule has 0 bridgehead atoms. The number of carbonyl (C=O) groups excluding carboxylic acids is 1. The molecule has 2 aromatic carbocycles. The number of alkyl halides is 3. The highest BCUT2D eigenvalue weighted by atomic mass is 19.4. The average Bonchev–Trinajstić information content (AvgIpc) is 3.21. The highest BCUT2D eigenvalue weighted by Gasteiger charge is 2.31. The quantitative estimate of drug-likeness (QED) is 0.502. The Kier molecular flexibility index (Phi) is 6.36. The second kappa shape index (κ2) is 8.94. The molecule has 3 rings (SSSR count). The molecule has 4 nitrogen and oxygen atoms in total. The van der Waals surface area contributed by atoms with Gasteiger partial charge < -0.3 is 9.42 Å². The van der Waals surface area contributed by atoms with Crippen LogP contribution < -0.4 is 0 Å². The third-order valence-electron chi connectivity index (χ3n) is 4.49. The van der Waals surface area contributed by atoms with Crippen molar-refractivity contribution in [2.45, 2.75) is 32.5 Å². The summed E-state index contributed by atoms with van der Waals surface area (Å²) in [7, 11) is 0. The first-order chi connectivity index (χ1) is 13.9. The number of carbonyl (C=O) groups is 1. The van der Waals surface area contributed by atoms with Crippen LogP contribution in [0.1, 0.15) is 41.4 Å². The summed E-state index contributed by atoms with van der Waals surface area (Å²) in [6, 6.07) is 15.7. The summed E-state index contributed by atoms with van der Waals surface area (Å²) in [6.07, 6.45) is -2.70. The van der Waals surface area contributed by atoms with Crippen LogP contribution in [0.5, 0.6) is 0 Å². The van der Waals surface area contributed by atoms with E-state index in [0.29, 0.717) is 13.1 Å². The lowest BCUT2D eigenvalue weighted by Gasteiger charge is -2.21. The second-order valence-corrected chi connectivity index (χ2v) is 6.72. The van der Waals surface area contributed by atoms with Crippen molar-refractivity contribution in [2.24, 2.45) is 0 Å². The zero-order chi connectivity index (χ0) is 20.9. The van der Waals surface area contributed by atoms with Crippen molar-refractivity contribution in [3.05, 3.63) is 77.5 Å². The SMILES string of the molecule is CCCCN(Cc1ccccc1)C(=O)c1cc(-c2cccc(C(F)(F)F)c2)on1. The summed E-state index contributed by atoms with van der Waals surface area (Å²) >= 11 is 0. The summed E-state index contributed by atoms with van der Waals surface area (Å²) in [5.41, 5.74) is 0.491. The zero-order valence-corrected chi connectivity index (χ0v) is 15.9. The highest BCUT2D eigenvalue weighted by Crippen LogP contribution is 2.32. The third-order valence-corrected chi connectivity index (χ3v) is 4.49. The van der Waals surface area contributed by atoms with Gasteiger partial charge in [-0.25, -0.2) is 0 Å². The molecule has 1 amide bonds. The van der Waals surface area contributed by atoms with Crippen molar-refractivity contribution < 1.29 is 22.5 Å². The number of unbranched alkanes of at least 4 members (excludes halogenated alkanes) is 1. The predicted molar refractivity (Wildman–Crippen MR) is 103 cm³/mol. The van der Waals surface area contributed by atoms with Crippen LogP contribution in [-0.2, 0) is 12.7 Å². The molecule has 152 valence electrons. The number of hydrogen-bond donors (Lipinski definition) is 0. The Morgan fingerprint density at radius 3 is 2.52 bits per heavy atom. The fourth-order valence-corrected chi connectivity index (χ4v) is 2.93. The van der Waals surface area contributed by atoms with Gasteiger partial charge >= 0.3 is 6.18 Å². The van der Waals surface area contributed by atoms with Crippen LogP contribution in [0.2, 0.25) is 0 Å². The molecular formula is C22H21F3N2O2. The maximum absolute atomic E-state index is 12.9. The molecule has 0 atom stereocenters. The Hall–Kier alpha value is -3.09. The fraction of sp³-hybridized carbons (Fsp3) is 0.273. The van der Waals surface area contributed by atoms with Crippen molar-refractivity contribution in [3.63, 3.8) is 0 Å². The lowest BCUT2D eigenvalue weighted by molar-refractivity contribution is -0.137. The number of nitrogens with zero attached hydrogens (tertiary/aromatic N) is 2. The Balaban J connectivity index is 1.82. The third kappa shape index (κ3) is 5.25.